The minimum absolute atomic E-state index is 0.00485. The van der Waals surface area contributed by atoms with E-state index in [1.54, 1.807) is 24.3 Å². The summed E-state index contributed by atoms with van der Waals surface area (Å²) in [5, 5.41) is 21.2. The third-order valence-electron chi connectivity index (χ3n) is 2.21. The van der Waals surface area contributed by atoms with Crippen LogP contribution in [0.15, 0.2) is 24.3 Å². The van der Waals surface area contributed by atoms with E-state index in [0.717, 1.165) is 5.56 Å². The fourth-order valence-electron chi connectivity index (χ4n) is 1.43. The van der Waals surface area contributed by atoms with Gasteiger partial charge in [-0.15, -0.1) is 5.10 Å². The SMILES string of the molecule is N#Cc1cccc(Cn2nc(C(=O)O)nc2Cl)c1. The first-order valence-electron chi connectivity index (χ1n) is 4.93. The molecule has 7 heteroatoms. The van der Waals surface area contributed by atoms with Crippen molar-refractivity contribution in [3.05, 3.63) is 46.5 Å². The molecular weight excluding hydrogens is 256 g/mol. The molecule has 0 saturated heterocycles. The van der Waals surface area contributed by atoms with Gasteiger partial charge in [0.05, 0.1) is 18.2 Å². The zero-order valence-corrected chi connectivity index (χ0v) is 9.79. The average Bonchev–Trinajstić information content (AvgIpc) is 2.71. The highest BCUT2D eigenvalue weighted by Crippen LogP contribution is 2.11. The molecule has 1 aromatic heterocycles. The molecule has 0 spiro atoms. The molecule has 90 valence electrons. The lowest BCUT2D eigenvalue weighted by Crippen LogP contribution is -2.05. The number of hydrogen-bond acceptors (Lipinski definition) is 4. The molecule has 1 N–H and O–H groups in total. The van der Waals surface area contributed by atoms with Crippen molar-refractivity contribution in [2.24, 2.45) is 0 Å². The number of aromatic carboxylic acids is 1. The van der Waals surface area contributed by atoms with Crippen molar-refractivity contribution >= 4 is 17.6 Å². The van der Waals surface area contributed by atoms with E-state index in [-0.39, 0.29) is 17.7 Å². The van der Waals surface area contributed by atoms with E-state index in [4.69, 9.17) is 22.0 Å². The largest absolute Gasteiger partial charge is 0.475 e. The highest BCUT2D eigenvalue weighted by Gasteiger charge is 2.13. The second kappa shape index (κ2) is 4.85. The van der Waals surface area contributed by atoms with Gasteiger partial charge in [0.25, 0.3) is 5.82 Å². The number of benzene rings is 1. The first-order valence-corrected chi connectivity index (χ1v) is 5.30. The molecule has 0 fully saturated rings. The third kappa shape index (κ3) is 2.47. The summed E-state index contributed by atoms with van der Waals surface area (Å²) < 4.78 is 1.27. The smallest absolute Gasteiger partial charge is 0.375 e. The summed E-state index contributed by atoms with van der Waals surface area (Å²) in [5.41, 5.74) is 1.31. The summed E-state index contributed by atoms with van der Waals surface area (Å²) >= 11 is 5.77. The van der Waals surface area contributed by atoms with E-state index < -0.39 is 5.97 Å². The lowest BCUT2D eigenvalue weighted by Gasteiger charge is -2.02. The molecule has 0 aliphatic rings. The molecule has 1 heterocycles. The summed E-state index contributed by atoms with van der Waals surface area (Å²) in [5.74, 6) is -1.59. The maximum atomic E-state index is 10.7. The number of carbonyl (C=O) groups is 1. The van der Waals surface area contributed by atoms with Crippen LogP contribution in [-0.2, 0) is 6.54 Å². The van der Waals surface area contributed by atoms with Crippen LogP contribution in [0.1, 0.15) is 21.7 Å². The van der Waals surface area contributed by atoms with Crippen LogP contribution in [-0.4, -0.2) is 25.8 Å². The minimum atomic E-state index is -1.23. The molecule has 2 rings (SSSR count). The summed E-state index contributed by atoms with van der Waals surface area (Å²) in [6, 6.07) is 8.90. The minimum Gasteiger partial charge on any atom is -0.475 e. The Hall–Kier alpha value is -2.39. The molecule has 1 aromatic carbocycles. The van der Waals surface area contributed by atoms with Gasteiger partial charge < -0.3 is 5.11 Å². The van der Waals surface area contributed by atoms with Crippen molar-refractivity contribution in [2.45, 2.75) is 6.54 Å². The van der Waals surface area contributed by atoms with Gasteiger partial charge in [0, 0.05) is 0 Å². The quantitative estimate of drug-likeness (QED) is 0.906. The zero-order chi connectivity index (χ0) is 13.1. The molecule has 0 atom stereocenters. The monoisotopic (exact) mass is 262 g/mol. The van der Waals surface area contributed by atoms with E-state index in [2.05, 4.69) is 10.1 Å². The van der Waals surface area contributed by atoms with E-state index in [9.17, 15) is 4.79 Å². The lowest BCUT2D eigenvalue weighted by molar-refractivity contribution is 0.0683. The Labute approximate surface area is 107 Å². The normalized spacial score (nSPS) is 10.0. The Morgan fingerprint density at radius 2 is 2.33 bits per heavy atom. The molecule has 0 aliphatic heterocycles. The van der Waals surface area contributed by atoms with Crippen molar-refractivity contribution in [3.63, 3.8) is 0 Å². The zero-order valence-electron chi connectivity index (χ0n) is 9.04. The number of halogens is 1. The number of carboxylic acid groups (broad SMARTS) is 1. The van der Waals surface area contributed by atoms with E-state index in [1.165, 1.54) is 4.68 Å². The molecule has 0 radical (unpaired) electrons. The number of nitriles is 1. The number of nitrogens with zero attached hydrogens (tertiary/aromatic N) is 4. The lowest BCUT2D eigenvalue weighted by atomic mass is 10.1. The average molecular weight is 263 g/mol. The van der Waals surface area contributed by atoms with Gasteiger partial charge in [0.1, 0.15) is 0 Å². The van der Waals surface area contributed by atoms with Crippen molar-refractivity contribution in [1.29, 1.82) is 5.26 Å². The first-order chi connectivity index (χ1) is 8.60. The van der Waals surface area contributed by atoms with Gasteiger partial charge in [-0.3, -0.25) is 0 Å². The Bertz CT molecular complexity index is 645. The predicted octanol–water partition coefficient (Wildman–Crippen LogP) is 1.55. The van der Waals surface area contributed by atoms with Gasteiger partial charge >= 0.3 is 5.97 Å². The van der Waals surface area contributed by atoms with Gasteiger partial charge in [0.15, 0.2) is 0 Å². The van der Waals surface area contributed by atoms with Gasteiger partial charge in [0.2, 0.25) is 5.28 Å². The van der Waals surface area contributed by atoms with Crippen LogP contribution in [0.25, 0.3) is 0 Å². The summed E-state index contributed by atoms with van der Waals surface area (Å²) in [7, 11) is 0. The number of aromatic nitrogens is 3. The Kier molecular flexibility index (Phi) is 3.26. The summed E-state index contributed by atoms with van der Waals surface area (Å²) in [4.78, 5) is 14.3. The van der Waals surface area contributed by atoms with Crippen LogP contribution in [0.5, 0.6) is 0 Å². The van der Waals surface area contributed by atoms with E-state index in [0.29, 0.717) is 5.56 Å². The molecular formula is C11H7ClN4O2. The number of rotatable bonds is 3. The van der Waals surface area contributed by atoms with Crippen molar-refractivity contribution in [1.82, 2.24) is 14.8 Å². The fraction of sp³-hybridized carbons (Fsp3) is 0.0909. The molecule has 6 nitrogen and oxygen atoms in total. The van der Waals surface area contributed by atoms with E-state index in [1.807, 2.05) is 6.07 Å². The van der Waals surface area contributed by atoms with Gasteiger partial charge in [-0.05, 0) is 29.3 Å². The van der Waals surface area contributed by atoms with Gasteiger partial charge in [-0.25, -0.2) is 9.48 Å². The Morgan fingerprint density at radius 3 is 2.94 bits per heavy atom. The second-order valence-corrected chi connectivity index (χ2v) is 3.82. The number of hydrogen-bond donors (Lipinski definition) is 1. The van der Waals surface area contributed by atoms with E-state index >= 15 is 0 Å². The summed E-state index contributed by atoms with van der Waals surface area (Å²) in [6.07, 6.45) is 0. The van der Waals surface area contributed by atoms with Crippen LogP contribution < -0.4 is 0 Å². The van der Waals surface area contributed by atoms with Crippen LogP contribution >= 0.6 is 11.6 Å². The van der Waals surface area contributed by atoms with Crippen LogP contribution in [0, 0.1) is 11.3 Å². The molecule has 0 aliphatic carbocycles. The fourth-order valence-corrected chi connectivity index (χ4v) is 1.60. The topological polar surface area (TPSA) is 91.8 Å². The second-order valence-electron chi connectivity index (χ2n) is 3.48. The highest BCUT2D eigenvalue weighted by molar-refractivity contribution is 6.28. The molecule has 0 saturated carbocycles. The maximum absolute atomic E-state index is 10.7. The van der Waals surface area contributed by atoms with Crippen LogP contribution in [0.3, 0.4) is 0 Å². The highest BCUT2D eigenvalue weighted by atomic mass is 35.5. The van der Waals surface area contributed by atoms with Gasteiger partial charge in [-0.1, -0.05) is 12.1 Å². The van der Waals surface area contributed by atoms with Crippen molar-refractivity contribution in [3.8, 4) is 6.07 Å². The predicted molar refractivity (Wildman–Crippen MR) is 62.3 cm³/mol. The molecule has 18 heavy (non-hydrogen) atoms. The van der Waals surface area contributed by atoms with Crippen molar-refractivity contribution < 1.29 is 9.90 Å². The van der Waals surface area contributed by atoms with Gasteiger partial charge in [-0.2, -0.15) is 10.2 Å². The summed E-state index contributed by atoms with van der Waals surface area (Å²) in [6.45, 7) is 0.259. The Morgan fingerprint density at radius 1 is 1.56 bits per heavy atom. The first kappa shape index (κ1) is 12.1. The molecule has 0 unspecified atom stereocenters. The van der Waals surface area contributed by atoms with Crippen LogP contribution in [0.4, 0.5) is 0 Å². The number of carboxylic acids is 1. The van der Waals surface area contributed by atoms with Crippen LogP contribution in [0.2, 0.25) is 5.28 Å². The Balaban J connectivity index is 2.28. The molecule has 0 amide bonds. The molecule has 2 aromatic rings. The third-order valence-corrected chi connectivity index (χ3v) is 2.49. The van der Waals surface area contributed by atoms with Crippen molar-refractivity contribution in [2.75, 3.05) is 0 Å². The maximum Gasteiger partial charge on any atom is 0.375 e. The standard InChI is InChI=1S/C11H7ClN4O2/c12-11-14-9(10(17)18)15-16(11)6-8-3-1-2-7(4-8)5-13/h1-4H,6H2,(H,17,18). The molecule has 0 bridgehead atoms.